The highest BCUT2D eigenvalue weighted by atomic mass is 32.2. The van der Waals surface area contributed by atoms with E-state index in [2.05, 4.69) is 0 Å². The van der Waals surface area contributed by atoms with Crippen molar-refractivity contribution in [3.05, 3.63) is 18.2 Å². The fraction of sp³-hybridized carbons (Fsp3) is 0.462. The van der Waals surface area contributed by atoms with Gasteiger partial charge in [0.25, 0.3) is 0 Å². The van der Waals surface area contributed by atoms with E-state index in [1.54, 1.807) is 11.8 Å². The van der Waals surface area contributed by atoms with Crippen molar-refractivity contribution in [2.24, 2.45) is 0 Å². The lowest BCUT2D eigenvalue weighted by Crippen LogP contribution is -2.15. The summed E-state index contributed by atoms with van der Waals surface area (Å²) < 4.78 is 11.0. The van der Waals surface area contributed by atoms with Crippen LogP contribution in [0.3, 0.4) is 0 Å². The number of benzene rings is 1. The predicted octanol–water partition coefficient (Wildman–Crippen LogP) is 2.80. The SMILES string of the molecule is CCC(CC(=O)O)Sc1ccc2c(c1)OCCO2. The number of fused-ring (bicyclic) bond motifs is 1. The quantitative estimate of drug-likeness (QED) is 0.832. The lowest BCUT2D eigenvalue weighted by Gasteiger charge is -2.19. The highest BCUT2D eigenvalue weighted by Gasteiger charge is 2.16. The van der Waals surface area contributed by atoms with E-state index in [1.165, 1.54) is 0 Å². The number of carboxylic acid groups (broad SMARTS) is 1. The van der Waals surface area contributed by atoms with E-state index in [4.69, 9.17) is 14.6 Å². The standard InChI is InChI=1S/C13H16O4S/c1-2-9(8-13(14)15)18-10-3-4-11-12(7-10)17-6-5-16-11/h3-4,7,9H,2,5-6,8H2,1H3,(H,14,15). The van der Waals surface area contributed by atoms with Crippen LogP contribution in [0.15, 0.2) is 23.1 Å². The Morgan fingerprint density at radius 3 is 2.78 bits per heavy atom. The molecule has 1 aromatic carbocycles. The van der Waals surface area contributed by atoms with Gasteiger partial charge < -0.3 is 14.6 Å². The van der Waals surface area contributed by atoms with Gasteiger partial charge in [0.1, 0.15) is 13.2 Å². The number of carboxylic acids is 1. The zero-order valence-corrected chi connectivity index (χ0v) is 11.0. The van der Waals surface area contributed by atoms with Gasteiger partial charge in [-0.05, 0) is 24.6 Å². The highest BCUT2D eigenvalue weighted by Crippen LogP contribution is 2.36. The van der Waals surface area contributed by atoms with Crippen LogP contribution >= 0.6 is 11.8 Å². The van der Waals surface area contributed by atoms with E-state index in [9.17, 15) is 4.79 Å². The van der Waals surface area contributed by atoms with Crippen LogP contribution in [0.5, 0.6) is 11.5 Å². The van der Waals surface area contributed by atoms with Gasteiger partial charge in [-0.1, -0.05) is 6.92 Å². The summed E-state index contributed by atoms with van der Waals surface area (Å²) in [6.45, 7) is 3.14. The second-order valence-corrected chi connectivity index (χ2v) is 5.43. The van der Waals surface area contributed by atoms with Crippen LogP contribution in [0.4, 0.5) is 0 Å². The second-order valence-electron chi connectivity index (χ2n) is 4.05. The van der Waals surface area contributed by atoms with Crippen molar-refractivity contribution < 1.29 is 19.4 Å². The van der Waals surface area contributed by atoms with Crippen molar-refractivity contribution in [3.8, 4) is 11.5 Å². The van der Waals surface area contributed by atoms with Crippen molar-refractivity contribution in [1.29, 1.82) is 0 Å². The molecule has 0 aromatic heterocycles. The molecule has 0 spiro atoms. The zero-order chi connectivity index (χ0) is 13.0. The molecule has 0 aliphatic carbocycles. The molecule has 0 bridgehead atoms. The summed E-state index contributed by atoms with van der Waals surface area (Å²) in [5.41, 5.74) is 0. The smallest absolute Gasteiger partial charge is 0.304 e. The Bertz CT molecular complexity index is 433. The number of ether oxygens (including phenoxy) is 2. The molecule has 1 unspecified atom stereocenters. The third-order valence-electron chi connectivity index (χ3n) is 2.67. The molecule has 0 amide bonds. The van der Waals surface area contributed by atoms with Crippen molar-refractivity contribution in [2.75, 3.05) is 13.2 Å². The lowest BCUT2D eigenvalue weighted by molar-refractivity contribution is -0.136. The largest absolute Gasteiger partial charge is 0.486 e. The number of aliphatic carboxylic acids is 1. The monoisotopic (exact) mass is 268 g/mol. The minimum Gasteiger partial charge on any atom is -0.486 e. The third-order valence-corrected chi connectivity index (χ3v) is 4.03. The van der Waals surface area contributed by atoms with Gasteiger partial charge in [-0.15, -0.1) is 11.8 Å². The Kier molecular flexibility index (Phi) is 4.36. The molecule has 1 heterocycles. The van der Waals surface area contributed by atoms with Crippen LogP contribution in [0.25, 0.3) is 0 Å². The van der Waals surface area contributed by atoms with E-state index in [1.807, 2.05) is 25.1 Å². The fourth-order valence-electron chi connectivity index (χ4n) is 1.75. The van der Waals surface area contributed by atoms with Crippen molar-refractivity contribution in [1.82, 2.24) is 0 Å². The van der Waals surface area contributed by atoms with Crippen LogP contribution in [-0.2, 0) is 4.79 Å². The van der Waals surface area contributed by atoms with Gasteiger partial charge in [0.05, 0.1) is 6.42 Å². The molecule has 5 heteroatoms. The Balaban J connectivity index is 2.06. The first-order chi connectivity index (χ1) is 8.69. The normalized spacial score (nSPS) is 15.2. The average Bonchev–Trinajstić information content (AvgIpc) is 2.37. The van der Waals surface area contributed by atoms with Gasteiger partial charge >= 0.3 is 5.97 Å². The minimum absolute atomic E-state index is 0.0880. The van der Waals surface area contributed by atoms with Crippen LogP contribution < -0.4 is 9.47 Å². The summed E-state index contributed by atoms with van der Waals surface area (Å²) >= 11 is 1.57. The van der Waals surface area contributed by atoms with Gasteiger partial charge in [-0.2, -0.15) is 0 Å². The van der Waals surface area contributed by atoms with Gasteiger partial charge in [0.15, 0.2) is 11.5 Å². The summed E-state index contributed by atoms with van der Waals surface area (Å²) in [5, 5.41) is 8.92. The lowest BCUT2D eigenvalue weighted by atomic mass is 10.2. The maximum absolute atomic E-state index is 10.7. The first-order valence-electron chi connectivity index (χ1n) is 5.97. The van der Waals surface area contributed by atoms with Crippen LogP contribution in [0.2, 0.25) is 0 Å². The van der Waals surface area contributed by atoms with Crippen molar-refractivity contribution >= 4 is 17.7 Å². The molecule has 1 aliphatic rings. The summed E-state index contributed by atoms with van der Waals surface area (Å²) in [6.07, 6.45) is 1.00. The van der Waals surface area contributed by atoms with Crippen molar-refractivity contribution in [2.45, 2.75) is 29.9 Å². The summed E-state index contributed by atoms with van der Waals surface area (Å²) in [7, 11) is 0. The molecule has 1 atom stereocenters. The Morgan fingerprint density at radius 1 is 1.39 bits per heavy atom. The molecule has 1 aliphatic heterocycles. The Labute approximate surface area is 110 Å². The number of thioether (sulfide) groups is 1. The first kappa shape index (κ1) is 13.1. The van der Waals surface area contributed by atoms with Crippen LogP contribution in [-0.4, -0.2) is 29.5 Å². The van der Waals surface area contributed by atoms with Gasteiger partial charge in [0.2, 0.25) is 0 Å². The van der Waals surface area contributed by atoms with E-state index in [-0.39, 0.29) is 11.7 Å². The fourth-order valence-corrected chi connectivity index (χ4v) is 2.85. The number of hydrogen-bond donors (Lipinski definition) is 1. The van der Waals surface area contributed by atoms with Gasteiger partial charge in [-0.3, -0.25) is 4.79 Å². The van der Waals surface area contributed by atoms with E-state index in [0.29, 0.717) is 13.2 Å². The summed E-state index contributed by atoms with van der Waals surface area (Å²) in [6, 6.07) is 5.75. The first-order valence-corrected chi connectivity index (χ1v) is 6.85. The van der Waals surface area contributed by atoms with Crippen LogP contribution in [0, 0.1) is 0 Å². The molecular weight excluding hydrogens is 252 g/mol. The van der Waals surface area contributed by atoms with E-state index >= 15 is 0 Å². The topological polar surface area (TPSA) is 55.8 Å². The molecule has 0 radical (unpaired) electrons. The third kappa shape index (κ3) is 3.32. The number of rotatable bonds is 5. The summed E-state index contributed by atoms with van der Waals surface area (Å²) in [4.78, 5) is 11.8. The van der Waals surface area contributed by atoms with Crippen molar-refractivity contribution in [3.63, 3.8) is 0 Å². The molecule has 1 aromatic rings. The molecule has 2 rings (SSSR count). The molecule has 4 nitrogen and oxygen atoms in total. The molecule has 1 N–H and O–H groups in total. The van der Waals surface area contributed by atoms with Gasteiger partial charge in [0, 0.05) is 10.1 Å². The maximum atomic E-state index is 10.7. The van der Waals surface area contributed by atoms with E-state index in [0.717, 1.165) is 22.8 Å². The molecule has 98 valence electrons. The average molecular weight is 268 g/mol. The second kappa shape index (κ2) is 6.00. The number of hydrogen-bond acceptors (Lipinski definition) is 4. The predicted molar refractivity (Wildman–Crippen MR) is 69.6 cm³/mol. The van der Waals surface area contributed by atoms with E-state index < -0.39 is 5.97 Å². The molecule has 0 fully saturated rings. The molecule has 0 saturated carbocycles. The highest BCUT2D eigenvalue weighted by molar-refractivity contribution is 8.00. The molecule has 18 heavy (non-hydrogen) atoms. The van der Waals surface area contributed by atoms with Gasteiger partial charge in [-0.25, -0.2) is 0 Å². The zero-order valence-electron chi connectivity index (χ0n) is 10.2. The number of carbonyl (C=O) groups is 1. The maximum Gasteiger partial charge on any atom is 0.304 e. The Hall–Kier alpha value is -1.36. The minimum atomic E-state index is -0.758. The Morgan fingerprint density at radius 2 is 2.11 bits per heavy atom. The molecule has 0 saturated heterocycles. The van der Waals surface area contributed by atoms with Crippen LogP contribution in [0.1, 0.15) is 19.8 Å². The molecular formula is C13H16O4S. The summed E-state index contributed by atoms with van der Waals surface area (Å²) in [5.74, 6) is 0.750.